The summed E-state index contributed by atoms with van der Waals surface area (Å²) in [5, 5.41) is 12.6. The molecule has 0 amide bonds. The van der Waals surface area contributed by atoms with E-state index in [9.17, 15) is 0 Å². The van der Waals surface area contributed by atoms with Crippen LogP contribution in [0.2, 0.25) is 0 Å². The minimum absolute atomic E-state index is 0.605. The van der Waals surface area contributed by atoms with Crippen LogP contribution >= 0.6 is 27.3 Å². The van der Waals surface area contributed by atoms with Crippen molar-refractivity contribution >= 4 is 38.1 Å². The Morgan fingerprint density at radius 1 is 1.50 bits per heavy atom. The summed E-state index contributed by atoms with van der Waals surface area (Å²) in [5.41, 5.74) is 2.14. The second kappa shape index (κ2) is 4.64. The van der Waals surface area contributed by atoms with Crippen molar-refractivity contribution in [2.45, 2.75) is 6.92 Å². The average molecular weight is 294 g/mol. The molecular weight excluding hydrogens is 286 g/mol. The highest BCUT2D eigenvalue weighted by molar-refractivity contribution is 9.10. The first-order chi connectivity index (χ1) is 7.69. The molecule has 1 aromatic heterocycles. The number of halogens is 1. The number of nitrogens with zero attached hydrogens (tertiary/aromatic N) is 2. The molecule has 0 spiro atoms. The number of rotatable bonds is 2. The number of hydrogen-bond donors (Lipinski definition) is 1. The molecule has 80 valence electrons. The Labute approximate surface area is 106 Å². The molecule has 2 aromatic rings. The number of thiazole rings is 1. The monoisotopic (exact) mass is 293 g/mol. The van der Waals surface area contributed by atoms with Crippen LogP contribution in [-0.4, -0.2) is 4.98 Å². The fourth-order valence-corrected chi connectivity index (χ4v) is 2.19. The van der Waals surface area contributed by atoms with Crippen molar-refractivity contribution < 1.29 is 0 Å². The average Bonchev–Trinajstić information content (AvgIpc) is 2.71. The van der Waals surface area contributed by atoms with Crippen LogP contribution in [0.1, 0.15) is 10.4 Å². The molecule has 0 aliphatic heterocycles. The smallest absolute Gasteiger partial charge is 0.188 e. The maximum absolute atomic E-state index is 8.68. The third-order valence-electron chi connectivity index (χ3n) is 2.04. The molecule has 0 atom stereocenters. The lowest BCUT2D eigenvalue weighted by atomic mass is 10.2. The van der Waals surface area contributed by atoms with Gasteiger partial charge in [0.1, 0.15) is 10.9 Å². The van der Waals surface area contributed by atoms with Gasteiger partial charge >= 0.3 is 0 Å². The van der Waals surface area contributed by atoms with Gasteiger partial charge in [0.25, 0.3) is 0 Å². The van der Waals surface area contributed by atoms with Crippen molar-refractivity contribution in [2.75, 3.05) is 5.32 Å². The van der Waals surface area contributed by atoms with Crippen LogP contribution < -0.4 is 5.32 Å². The molecule has 0 radical (unpaired) electrons. The van der Waals surface area contributed by atoms with E-state index in [4.69, 9.17) is 5.26 Å². The van der Waals surface area contributed by atoms with E-state index >= 15 is 0 Å². The zero-order valence-electron chi connectivity index (χ0n) is 8.49. The van der Waals surface area contributed by atoms with E-state index in [1.807, 2.05) is 25.1 Å². The first kappa shape index (κ1) is 11.1. The van der Waals surface area contributed by atoms with Crippen molar-refractivity contribution in [2.24, 2.45) is 0 Å². The van der Waals surface area contributed by atoms with E-state index in [1.165, 1.54) is 16.9 Å². The molecule has 0 aliphatic carbocycles. The quantitative estimate of drug-likeness (QED) is 0.915. The first-order valence-corrected chi connectivity index (χ1v) is 6.19. The third kappa shape index (κ3) is 2.40. The van der Waals surface area contributed by atoms with Gasteiger partial charge in [0.05, 0.1) is 6.20 Å². The molecule has 5 heteroatoms. The van der Waals surface area contributed by atoms with Crippen molar-refractivity contribution in [3.05, 3.63) is 39.3 Å². The Bertz CT molecular complexity index is 557. The lowest BCUT2D eigenvalue weighted by Crippen LogP contribution is -1.89. The Kier molecular flexibility index (Phi) is 3.22. The van der Waals surface area contributed by atoms with Crippen LogP contribution in [0.4, 0.5) is 10.8 Å². The largest absolute Gasteiger partial charge is 0.331 e. The van der Waals surface area contributed by atoms with E-state index in [1.54, 1.807) is 6.20 Å². The molecule has 1 aromatic carbocycles. The molecule has 0 unspecified atom stereocenters. The highest BCUT2D eigenvalue weighted by atomic mass is 79.9. The van der Waals surface area contributed by atoms with Crippen molar-refractivity contribution in [3.8, 4) is 6.07 Å². The van der Waals surface area contributed by atoms with Crippen LogP contribution in [0.5, 0.6) is 0 Å². The number of aryl methyl sites for hydroxylation is 1. The van der Waals surface area contributed by atoms with E-state index in [-0.39, 0.29) is 0 Å². The summed E-state index contributed by atoms with van der Waals surface area (Å²) < 4.78 is 1.05. The number of anilines is 2. The molecule has 3 nitrogen and oxygen atoms in total. The summed E-state index contributed by atoms with van der Waals surface area (Å²) in [5.74, 6) is 0. The molecule has 0 bridgehead atoms. The van der Waals surface area contributed by atoms with Gasteiger partial charge in [0, 0.05) is 10.2 Å². The standard InChI is InChI=1S/C11H8BrN3S/c1-7-2-3-8(4-10(7)12)15-11-14-6-9(5-13)16-11/h2-4,6H,1H3,(H,14,15). The zero-order chi connectivity index (χ0) is 11.5. The van der Waals surface area contributed by atoms with Crippen LogP contribution in [0, 0.1) is 18.3 Å². The van der Waals surface area contributed by atoms with Gasteiger partial charge in [-0.2, -0.15) is 5.26 Å². The Balaban J connectivity index is 2.21. The topological polar surface area (TPSA) is 48.7 Å². The summed E-state index contributed by atoms with van der Waals surface area (Å²) >= 11 is 4.81. The molecule has 1 heterocycles. The summed E-state index contributed by atoms with van der Waals surface area (Å²) in [4.78, 5) is 4.71. The predicted molar refractivity (Wildman–Crippen MR) is 69.0 cm³/mol. The number of hydrogen-bond acceptors (Lipinski definition) is 4. The molecule has 16 heavy (non-hydrogen) atoms. The molecule has 0 fully saturated rings. The maximum Gasteiger partial charge on any atom is 0.188 e. The normalized spacial score (nSPS) is 9.81. The van der Waals surface area contributed by atoms with Gasteiger partial charge in [-0.25, -0.2) is 4.98 Å². The minimum Gasteiger partial charge on any atom is -0.331 e. The van der Waals surface area contributed by atoms with E-state index in [0.717, 1.165) is 15.3 Å². The predicted octanol–water partition coefficient (Wildman–Crippen LogP) is 3.83. The number of aromatic nitrogens is 1. The van der Waals surface area contributed by atoms with E-state index in [0.29, 0.717) is 4.88 Å². The number of nitrogens with one attached hydrogen (secondary N) is 1. The highest BCUT2D eigenvalue weighted by Gasteiger charge is 2.02. The van der Waals surface area contributed by atoms with Crippen LogP contribution in [0.3, 0.4) is 0 Å². The fraction of sp³-hybridized carbons (Fsp3) is 0.0909. The van der Waals surface area contributed by atoms with Crippen LogP contribution in [0.15, 0.2) is 28.9 Å². The lowest BCUT2D eigenvalue weighted by Gasteiger charge is -2.04. The van der Waals surface area contributed by atoms with E-state index in [2.05, 4.69) is 32.3 Å². The summed E-state index contributed by atoms with van der Waals surface area (Å²) in [6, 6.07) is 8.05. The summed E-state index contributed by atoms with van der Waals surface area (Å²) in [6.07, 6.45) is 1.57. The molecule has 1 N–H and O–H groups in total. The highest BCUT2D eigenvalue weighted by Crippen LogP contribution is 2.25. The van der Waals surface area contributed by atoms with Gasteiger partial charge in [-0.05, 0) is 24.6 Å². The molecule has 0 saturated heterocycles. The molecule has 2 rings (SSSR count). The van der Waals surface area contributed by atoms with Gasteiger partial charge in [0.15, 0.2) is 5.13 Å². The maximum atomic E-state index is 8.68. The zero-order valence-corrected chi connectivity index (χ0v) is 10.9. The van der Waals surface area contributed by atoms with Crippen LogP contribution in [0.25, 0.3) is 0 Å². The van der Waals surface area contributed by atoms with Gasteiger partial charge in [0.2, 0.25) is 0 Å². The summed E-state index contributed by atoms with van der Waals surface area (Å²) in [6.45, 7) is 2.03. The second-order valence-corrected chi connectivity index (χ2v) is 5.12. The Morgan fingerprint density at radius 3 is 2.94 bits per heavy atom. The second-order valence-electron chi connectivity index (χ2n) is 3.23. The van der Waals surface area contributed by atoms with Gasteiger partial charge in [-0.15, -0.1) is 0 Å². The molecule has 0 saturated carbocycles. The fourth-order valence-electron chi connectivity index (χ4n) is 1.18. The first-order valence-electron chi connectivity index (χ1n) is 4.58. The van der Waals surface area contributed by atoms with Crippen molar-refractivity contribution in [3.63, 3.8) is 0 Å². The van der Waals surface area contributed by atoms with Gasteiger partial charge < -0.3 is 5.32 Å². The van der Waals surface area contributed by atoms with Gasteiger partial charge in [-0.1, -0.05) is 33.3 Å². The molecule has 0 aliphatic rings. The SMILES string of the molecule is Cc1ccc(Nc2ncc(C#N)s2)cc1Br. The minimum atomic E-state index is 0.605. The molecular formula is C11H8BrN3S. The van der Waals surface area contributed by atoms with Crippen molar-refractivity contribution in [1.29, 1.82) is 5.26 Å². The van der Waals surface area contributed by atoms with Gasteiger partial charge in [-0.3, -0.25) is 0 Å². The van der Waals surface area contributed by atoms with Crippen LogP contribution in [-0.2, 0) is 0 Å². The Morgan fingerprint density at radius 2 is 2.31 bits per heavy atom. The summed E-state index contributed by atoms with van der Waals surface area (Å²) in [7, 11) is 0. The van der Waals surface area contributed by atoms with E-state index < -0.39 is 0 Å². The number of nitriles is 1. The van der Waals surface area contributed by atoms with Crippen molar-refractivity contribution in [1.82, 2.24) is 4.98 Å². The lowest BCUT2D eigenvalue weighted by molar-refractivity contribution is 1.36. The third-order valence-corrected chi connectivity index (χ3v) is 3.71. The Hall–Kier alpha value is -1.38. The number of benzene rings is 1.